The van der Waals surface area contributed by atoms with Crippen LogP contribution in [0, 0.1) is 34.5 Å². The summed E-state index contributed by atoms with van der Waals surface area (Å²) in [5.74, 6) is 1.90. The molecule has 1 heterocycles. The molecular formula is C37H54O8. The summed E-state index contributed by atoms with van der Waals surface area (Å²) in [4.78, 5) is 34.5. The molecule has 45 heavy (non-hydrogen) atoms. The average Bonchev–Trinajstić information content (AvgIpc) is 3.36. The zero-order valence-electron chi connectivity index (χ0n) is 28.2. The number of carbonyl (C=O) groups is 3. The first-order valence-electron chi connectivity index (χ1n) is 17.2. The van der Waals surface area contributed by atoms with Gasteiger partial charge in [-0.1, -0.05) is 37.1 Å². The van der Waals surface area contributed by atoms with Crippen molar-refractivity contribution in [3.63, 3.8) is 0 Å². The number of fused-ring (bicyclic) bond motifs is 5. The summed E-state index contributed by atoms with van der Waals surface area (Å²) in [6.45, 7) is 10.1. The lowest BCUT2D eigenvalue weighted by Crippen LogP contribution is -2.51. The maximum atomic E-state index is 11.6. The predicted molar refractivity (Wildman–Crippen MR) is 170 cm³/mol. The van der Waals surface area contributed by atoms with Crippen molar-refractivity contribution in [2.45, 2.75) is 130 Å². The van der Waals surface area contributed by atoms with E-state index in [0.29, 0.717) is 23.7 Å². The van der Waals surface area contributed by atoms with Crippen LogP contribution < -0.4 is 0 Å². The minimum absolute atomic E-state index is 0.0000934. The molecule has 5 aliphatic rings. The van der Waals surface area contributed by atoms with E-state index in [9.17, 15) is 14.4 Å². The van der Waals surface area contributed by atoms with E-state index in [1.807, 2.05) is 6.08 Å². The number of hydrogen-bond donors (Lipinski definition) is 0. The van der Waals surface area contributed by atoms with Crippen LogP contribution in [0.3, 0.4) is 0 Å². The number of ether oxygens (including phenoxy) is 5. The van der Waals surface area contributed by atoms with E-state index in [4.69, 9.17) is 23.7 Å². The summed E-state index contributed by atoms with van der Waals surface area (Å²) in [6.07, 6.45) is 18.4. The van der Waals surface area contributed by atoms with E-state index in [1.54, 1.807) is 11.6 Å². The summed E-state index contributed by atoms with van der Waals surface area (Å²) in [5, 5.41) is 0. The van der Waals surface area contributed by atoms with Crippen molar-refractivity contribution in [3.8, 4) is 0 Å². The monoisotopic (exact) mass is 626 g/mol. The van der Waals surface area contributed by atoms with Crippen LogP contribution >= 0.6 is 0 Å². The van der Waals surface area contributed by atoms with Crippen LogP contribution in [0.25, 0.3) is 0 Å². The Labute approximate surface area is 269 Å². The molecule has 4 aliphatic carbocycles. The maximum absolute atomic E-state index is 11.6. The zero-order chi connectivity index (χ0) is 32.4. The van der Waals surface area contributed by atoms with Crippen LogP contribution in [-0.4, -0.2) is 56.2 Å². The standard InChI is InChI=1S/C37H54O8/c1-23(9-7-8-10-34(40)41-6)29-13-14-30-28-12-11-26-21-27(17-19-36(26,4)31(28)18-20-37(29,30)5)44-35-16-15-32(43-25(3)39)33(45-35)22-42-24(2)38/h9,11,15-16,27-33,35H,7-8,10,12-14,17-22H2,1-6H3/b23-9+/t27-,28-,29?,30-,31-,32-,33+,35?,36-,37+/m0/s1. The fourth-order valence-corrected chi connectivity index (χ4v) is 9.84. The SMILES string of the molecule is COC(=O)CCC/C=C(\C)C1CC[C@H]2[C@@H]3CC=C4C[C@@H](OC5C=C[C@H](OC(C)=O)[C@@H](COC(C)=O)O5)CC[C@]4(C)[C@H]3CC[C@]12C. The molecule has 0 amide bonds. The van der Waals surface area contributed by atoms with E-state index in [1.165, 1.54) is 52.2 Å². The molecule has 0 N–H and O–H groups in total. The molecular weight excluding hydrogens is 572 g/mol. The Morgan fingerprint density at radius 2 is 1.80 bits per heavy atom. The van der Waals surface area contributed by atoms with Crippen LogP contribution in [0.1, 0.15) is 105 Å². The minimum Gasteiger partial charge on any atom is -0.469 e. The summed E-state index contributed by atoms with van der Waals surface area (Å²) >= 11 is 0. The molecule has 0 saturated heterocycles. The molecule has 0 aromatic carbocycles. The molecule has 3 saturated carbocycles. The number of rotatable bonds is 10. The Balaban J connectivity index is 1.21. The van der Waals surface area contributed by atoms with E-state index >= 15 is 0 Å². The van der Waals surface area contributed by atoms with Gasteiger partial charge in [0.2, 0.25) is 0 Å². The number of carbonyl (C=O) groups excluding carboxylic acids is 3. The van der Waals surface area contributed by atoms with Gasteiger partial charge in [-0.05, 0) is 118 Å². The normalized spacial score (nSPS) is 39.2. The summed E-state index contributed by atoms with van der Waals surface area (Å²) in [6, 6.07) is 0. The van der Waals surface area contributed by atoms with Crippen molar-refractivity contribution in [3.05, 3.63) is 35.5 Å². The van der Waals surface area contributed by atoms with Gasteiger partial charge in [-0.3, -0.25) is 14.4 Å². The first-order chi connectivity index (χ1) is 21.4. The molecule has 8 heteroatoms. The smallest absolute Gasteiger partial charge is 0.305 e. The van der Waals surface area contributed by atoms with E-state index in [0.717, 1.165) is 50.4 Å². The lowest BCUT2D eigenvalue weighted by atomic mass is 9.47. The topological polar surface area (TPSA) is 97.4 Å². The third-order valence-corrected chi connectivity index (χ3v) is 12.1. The molecule has 2 unspecified atom stereocenters. The highest BCUT2D eigenvalue weighted by Gasteiger charge is 2.58. The first-order valence-corrected chi connectivity index (χ1v) is 17.2. The average molecular weight is 627 g/mol. The van der Waals surface area contributed by atoms with Crippen molar-refractivity contribution in [1.82, 2.24) is 0 Å². The second kappa shape index (κ2) is 14.1. The van der Waals surface area contributed by atoms with Crippen LogP contribution in [-0.2, 0) is 38.1 Å². The van der Waals surface area contributed by atoms with Crippen LogP contribution in [0.4, 0.5) is 0 Å². The molecule has 3 fully saturated rings. The minimum atomic E-state index is -0.618. The van der Waals surface area contributed by atoms with Crippen LogP contribution in [0.5, 0.6) is 0 Å². The second-order valence-corrected chi connectivity index (χ2v) is 14.7. The third kappa shape index (κ3) is 7.27. The van der Waals surface area contributed by atoms with Crippen molar-refractivity contribution in [1.29, 1.82) is 0 Å². The van der Waals surface area contributed by atoms with Crippen molar-refractivity contribution >= 4 is 17.9 Å². The molecule has 0 bridgehead atoms. The van der Waals surface area contributed by atoms with Gasteiger partial charge in [-0.2, -0.15) is 0 Å². The van der Waals surface area contributed by atoms with Gasteiger partial charge in [0.25, 0.3) is 0 Å². The zero-order valence-corrected chi connectivity index (χ0v) is 28.2. The van der Waals surface area contributed by atoms with E-state index < -0.39 is 30.4 Å². The van der Waals surface area contributed by atoms with E-state index in [2.05, 4.69) is 32.9 Å². The van der Waals surface area contributed by atoms with Crippen molar-refractivity contribution < 1.29 is 38.1 Å². The number of hydrogen-bond acceptors (Lipinski definition) is 8. The first kappa shape index (κ1) is 33.9. The molecule has 250 valence electrons. The number of methoxy groups -OCH3 is 1. The van der Waals surface area contributed by atoms with Crippen LogP contribution in [0.15, 0.2) is 35.5 Å². The molecule has 10 atom stereocenters. The quantitative estimate of drug-likeness (QED) is 0.111. The maximum Gasteiger partial charge on any atom is 0.305 e. The summed E-state index contributed by atoms with van der Waals surface area (Å²) in [5.41, 5.74) is 3.63. The molecule has 8 nitrogen and oxygen atoms in total. The molecule has 1 aliphatic heterocycles. The van der Waals surface area contributed by atoms with Crippen LogP contribution in [0.2, 0.25) is 0 Å². The molecule has 0 radical (unpaired) electrons. The third-order valence-electron chi connectivity index (χ3n) is 12.1. The van der Waals surface area contributed by atoms with E-state index in [-0.39, 0.29) is 24.1 Å². The van der Waals surface area contributed by atoms with Gasteiger partial charge in [0.1, 0.15) is 18.8 Å². The van der Waals surface area contributed by atoms with Gasteiger partial charge < -0.3 is 23.7 Å². The number of unbranched alkanes of at least 4 members (excludes halogenated alkanes) is 1. The Hall–Kier alpha value is -2.45. The van der Waals surface area contributed by atoms with Crippen molar-refractivity contribution in [2.24, 2.45) is 34.5 Å². The Morgan fingerprint density at radius 3 is 2.53 bits per heavy atom. The molecule has 0 aromatic heterocycles. The van der Waals surface area contributed by atoms with Gasteiger partial charge >= 0.3 is 17.9 Å². The fraction of sp³-hybridized carbons (Fsp3) is 0.757. The van der Waals surface area contributed by atoms with Gasteiger partial charge in [0.05, 0.1) is 13.2 Å². The molecule has 0 spiro atoms. The molecule has 5 rings (SSSR count). The number of allylic oxidation sites excluding steroid dienone is 3. The second-order valence-electron chi connectivity index (χ2n) is 14.7. The van der Waals surface area contributed by atoms with Gasteiger partial charge in [-0.15, -0.1) is 0 Å². The summed E-state index contributed by atoms with van der Waals surface area (Å²) < 4.78 is 28.0. The highest BCUT2D eigenvalue weighted by molar-refractivity contribution is 5.69. The Morgan fingerprint density at radius 1 is 1.00 bits per heavy atom. The molecule has 0 aromatic rings. The predicted octanol–water partition coefficient (Wildman–Crippen LogP) is 7.02. The lowest BCUT2D eigenvalue weighted by molar-refractivity contribution is -0.213. The highest BCUT2D eigenvalue weighted by Crippen LogP contribution is 2.67. The fourth-order valence-electron chi connectivity index (χ4n) is 9.84. The Kier molecular flexibility index (Phi) is 10.6. The lowest BCUT2D eigenvalue weighted by Gasteiger charge is -2.58. The van der Waals surface area contributed by atoms with Gasteiger partial charge in [-0.25, -0.2) is 0 Å². The summed E-state index contributed by atoms with van der Waals surface area (Å²) in [7, 11) is 1.46. The number of esters is 3. The largest absolute Gasteiger partial charge is 0.469 e. The highest BCUT2D eigenvalue weighted by atomic mass is 16.7. The van der Waals surface area contributed by atoms with Gasteiger partial charge in [0, 0.05) is 20.3 Å². The Bertz CT molecular complexity index is 1200. The van der Waals surface area contributed by atoms with Crippen molar-refractivity contribution in [2.75, 3.05) is 13.7 Å². The van der Waals surface area contributed by atoms with Gasteiger partial charge in [0.15, 0.2) is 6.29 Å².